The Balaban J connectivity index is 2.24. The summed E-state index contributed by atoms with van der Waals surface area (Å²) in [5.41, 5.74) is 1.57. The summed E-state index contributed by atoms with van der Waals surface area (Å²) in [6.45, 7) is 1.92. The molecule has 2 unspecified atom stereocenters. The third-order valence-corrected chi connectivity index (χ3v) is 3.32. The number of ether oxygens (including phenoxy) is 1. The fourth-order valence-electron chi connectivity index (χ4n) is 2.09. The fourth-order valence-corrected chi connectivity index (χ4v) is 2.09. The number of hydrogen-bond donors (Lipinski definition) is 1. The van der Waals surface area contributed by atoms with Crippen LogP contribution in [-0.4, -0.2) is 12.2 Å². The molecule has 0 radical (unpaired) electrons. The molecule has 2 aromatic rings. The molecule has 0 heterocycles. The zero-order valence-electron chi connectivity index (χ0n) is 11.0. The smallest absolute Gasteiger partial charge is 0.165 e. The SMILES string of the molecule is COc1ccc(C(O)C(C)c2ccccc2)cc1F. The Labute approximate surface area is 112 Å². The molecule has 1 N–H and O–H groups in total. The summed E-state index contributed by atoms with van der Waals surface area (Å²) in [5.74, 6) is -0.378. The van der Waals surface area contributed by atoms with Gasteiger partial charge in [0.25, 0.3) is 0 Å². The van der Waals surface area contributed by atoms with Crippen LogP contribution in [-0.2, 0) is 0 Å². The van der Waals surface area contributed by atoms with Crippen molar-refractivity contribution < 1.29 is 14.2 Å². The van der Waals surface area contributed by atoms with Gasteiger partial charge in [-0.2, -0.15) is 0 Å². The maximum Gasteiger partial charge on any atom is 0.165 e. The number of aliphatic hydroxyl groups is 1. The molecule has 0 aliphatic rings. The molecule has 0 aromatic heterocycles. The van der Waals surface area contributed by atoms with E-state index in [0.29, 0.717) is 5.56 Å². The van der Waals surface area contributed by atoms with Crippen molar-refractivity contribution in [1.29, 1.82) is 0 Å². The van der Waals surface area contributed by atoms with E-state index in [1.54, 1.807) is 6.07 Å². The van der Waals surface area contributed by atoms with Crippen LogP contribution in [0.15, 0.2) is 48.5 Å². The quantitative estimate of drug-likeness (QED) is 0.908. The lowest BCUT2D eigenvalue weighted by Crippen LogP contribution is -2.08. The van der Waals surface area contributed by atoms with E-state index in [1.807, 2.05) is 37.3 Å². The Hall–Kier alpha value is -1.87. The predicted octanol–water partition coefficient (Wildman–Crippen LogP) is 3.67. The minimum absolute atomic E-state index is 0.103. The van der Waals surface area contributed by atoms with Crippen molar-refractivity contribution in [3.05, 3.63) is 65.5 Å². The lowest BCUT2D eigenvalue weighted by molar-refractivity contribution is 0.151. The molecule has 0 aliphatic carbocycles. The van der Waals surface area contributed by atoms with Crippen molar-refractivity contribution >= 4 is 0 Å². The average Bonchev–Trinajstić information content (AvgIpc) is 2.46. The summed E-state index contributed by atoms with van der Waals surface area (Å²) in [7, 11) is 1.42. The monoisotopic (exact) mass is 260 g/mol. The van der Waals surface area contributed by atoms with Gasteiger partial charge in [0.2, 0.25) is 0 Å². The van der Waals surface area contributed by atoms with Gasteiger partial charge in [0.15, 0.2) is 11.6 Å². The maximum absolute atomic E-state index is 13.6. The molecule has 0 saturated carbocycles. The van der Waals surface area contributed by atoms with Gasteiger partial charge in [-0.1, -0.05) is 43.3 Å². The minimum Gasteiger partial charge on any atom is -0.494 e. The Morgan fingerprint density at radius 2 is 1.74 bits per heavy atom. The van der Waals surface area contributed by atoms with Crippen LogP contribution in [0.4, 0.5) is 4.39 Å². The number of rotatable bonds is 4. The van der Waals surface area contributed by atoms with Gasteiger partial charge in [-0.3, -0.25) is 0 Å². The first-order chi connectivity index (χ1) is 9.13. The Morgan fingerprint density at radius 3 is 2.32 bits per heavy atom. The summed E-state index contributed by atoms with van der Waals surface area (Å²) in [6.07, 6.45) is -0.747. The molecule has 0 bridgehead atoms. The number of halogens is 1. The molecule has 0 fully saturated rings. The first-order valence-electron chi connectivity index (χ1n) is 6.20. The topological polar surface area (TPSA) is 29.5 Å². The molecule has 3 heteroatoms. The maximum atomic E-state index is 13.6. The van der Waals surface area contributed by atoms with Crippen molar-refractivity contribution in [2.75, 3.05) is 7.11 Å². The fraction of sp³-hybridized carbons (Fsp3) is 0.250. The average molecular weight is 260 g/mol. The van der Waals surface area contributed by atoms with Gasteiger partial charge in [-0.15, -0.1) is 0 Å². The first kappa shape index (κ1) is 13.6. The molecule has 2 aromatic carbocycles. The van der Waals surface area contributed by atoms with E-state index in [-0.39, 0.29) is 11.7 Å². The van der Waals surface area contributed by atoms with Crippen LogP contribution < -0.4 is 4.74 Å². The lowest BCUT2D eigenvalue weighted by atomic mass is 9.91. The van der Waals surface area contributed by atoms with Gasteiger partial charge in [0.1, 0.15) is 0 Å². The second-order valence-electron chi connectivity index (χ2n) is 4.54. The minimum atomic E-state index is -0.747. The van der Waals surface area contributed by atoms with E-state index in [4.69, 9.17) is 4.74 Å². The van der Waals surface area contributed by atoms with E-state index < -0.39 is 11.9 Å². The molecular formula is C16H17FO2. The Bertz CT molecular complexity index is 540. The lowest BCUT2D eigenvalue weighted by Gasteiger charge is -2.20. The Morgan fingerprint density at radius 1 is 1.05 bits per heavy atom. The molecule has 0 aliphatic heterocycles. The second kappa shape index (κ2) is 5.85. The highest BCUT2D eigenvalue weighted by Gasteiger charge is 2.19. The normalized spacial score (nSPS) is 13.9. The number of benzene rings is 2. The Kier molecular flexibility index (Phi) is 4.17. The van der Waals surface area contributed by atoms with E-state index >= 15 is 0 Å². The third-order valence-electron chi connectivity index (χ3n) is 3.32. The van der Waals surface area contributed by atoms with Crippen molar-refractivity contribution in [3.8, 4) is 5.75 Å². The van der Waals surface area contributed by atoms with Crippen LogP contribution in [0.2, 0.25) is 0 Å². The van der Waals surface area contributed by atoms with Crippen molar-refractivity contribution in [1.82, 2.24) is 0 Å². The summed E-state index contributed by atoms with van der Waals surface area (Å²) in [6, 6.07) is 14.2. The largest absolute Gasteiger partial charge is 0.494 e. The molecule has 0 spiro atoms. The molecule has 100 valence electrons. The highest BCUT2D eigenvalue weighted by molar-refractivity contribution is 5.32. The first-order valence-corrected chi connectivity index (χ1v) is 6.20. The molecular weight excluding hydrogens is 243 g/mol. The van der Waals surface area contributed by atoms with E-state index in [1.165, 1.54) is 19.2 Å². The molecule has 2 nitrogen and oxygen atoms in total. The van der Waals surface area contributed by atoms with Gasteiger partial charge in [-0.05, 0) is 23.3 Å². The van der Waals surface area contributed by atoms with Crippen LogP contribution in [0, 0.1) is 5.82 Å². The van der Waals surface area contributed by atoms with Gasteiger partial charge in [-0.25, -0.2) is 4.39 Å². The van der Waals surface area contributed by atoms with E-state index in [0.717, 1.165) is 5.56 Å². The van der Waals surface area contributed by atoms with E-state index in [9.17, 15) is 9.50 Å². The van der Waals surface area contributed by atoms with Crippen LogP contribution >= 0.6 is 0 Å². The van der Waals surface area contributed by atoms with Crippen LogP contribution in [0.1, 0.15) is 30.1 Å². The summed E-state index contributed by atoms with van der Waals surface area (Å²) < 4.78 is 18.5. The van der Waals surface area contributed by atoms with Gasteiger partial charge in [0.05, 0.1) is 13.2 Å². The van der Waals surface area contributed by atoms with Crippen molar-refractivity contribution in [2.24, 2.45) is 0 Å². The van der Waals surface area contributed by atoms with Crippen LogP contribution in [0.5, 0.6) is 5.75 Å². The zero-order chi connectivity index (χ0) is 13.8. The highest BCUT2D eigenvalue weighted by atomic mass is 19.1. The van der Waals surface area contributed by atoms with Gasteiger partial charge in [0, 0.05) is 5.92 Å². The molecule has 0 amide bonds. The molecule has 19 heavy (non-hydrogen) atoms. The zero-order valence-corrected chi connectivity index (χ0v) is 11.0. The van der Waals surface area contributed by atoms with Gasteiger partial charge >= 0.3 is 0 Å². The number of aliphatic hydroxyl groups excluding tert-OH is 1. The number of hydrogen-bond acceptors (Lipinski definition) is 2. The standard InChI is InChI=1S/C16H17FO2/c1-11(12-6-4-3-5-7-12)16(18)13-8-9-15(19-2)14(17)10-13/h3-11,16,18H,1-2H3. The molecule has 2 atom stereocenters. The number of methoxy groups -OCH3 is 1. The third kappa shape index (κ3) is 2.93. The predicted molar refractivity (Wildman–Crippen MR) is 72.8 cm³/mol. The van der Waals surface area contributed by atoms with Crippen molar-refractivity contribution in [3.63, 3.8) is 0 Å². The van der Waals surface area contributed by atoms with Crippen molar-refractivity contribution in [2.45, 2.75) is 18.9 Å². The summed E-state index contributed by atoms with van der Waals surface area (Å²) in [4.78, 5) is 0. The summed E-state index contributed by atoms with van der Waals surface area (Å²) in [5, 5.41) is 10.3. The second-order valence-corrected chi connectivity index (χ2v) is 4.54. The molecule has 0 saturated heterocycles. The van der Waals surface area contributed by atoms with Crippen LogP contribution in [0.3, 0.4) is 0 Å². The highest BCUT2D eigenvalue weighted by Crippen LogP contribution is 2.32. The van der Waals surface area contributed by atoms with E-state index in [2.05, 4.69) is 0 Å². The summed E-state index contributed by atoms with van der Waals surface area (Å²) >= 11 is 0. The van der Waals surface area contributed by atoms with Crippen LogP contribution in [0.25, 0.3) is 0 Å². The van der Waals surface area contributed by atoms with Gasteiger partial charge < -0.3 is 9.84 Å². The molecule has 2 rings (SSSR count).